The summed E-state index contributed by atoms with van der Waals surface area (Å²) in [6.45, 7) is 0. The van der Waals surface area contributed by atoms with Crippen molar-refractivity contribution < 1.29 is 24.3 Å². The third kappa shape index (κ3) is 2.52. The number of aryl methyl sites for hydroxylation is 1. The highest BCUT2D eigenvalue weighted by Gasteiger charge is 2.28. The molecule has 100 valence electrons. The number of carbonyl (C=O) groups is 1. The number of imidazole rings is 1. The van der Waals surface area contributed by atoms with Crippen molar-refractivity contribution in [2.24, 2.45) is 7.05 Å². The molecule has 0 amide bonds. The number of hydrogen-bond acceptors (Lipinski definition) is 4. The number of phenols is 2. The fourth-order valence-corrected chi connectivity index (χ4v) is 1.87. The van der Waals surface area contributed by atoms with Gasteiger partial charge in [0.15, 0.2) is 11.5 Å². The minimum atomic E-state index is -0.710. The average Bonchev–Trinajstić information content (AvgIpc) is 2.80. The standard InChI is InChI=1S/C13H14N2O4/c1-14-5-6-15(8-14)12(13(18)19-2)9-3-4-10(16)11(17)7-9/h3-8,12H,1-2H3,(H-,16,17)/p+1. The summed E-state index contributed by atoms with van der Waals surface area (Å²) in [7, 11) is 3.14. The van der Waals surface area contributed by atoms with Gasteiger partial charge in [-0.15, -0.1) is 0 Å². The summed E-state index contributed by atoms with van der Waals surface area (Å²) >= 11 is 0. The Labute approximate surface area is 110 Å². The first-order valence-corrected chi connectivity index (χ1v) is 5.65. The number of ether oxygens (including phenoxy) is 1. The summed E-state index contributed by atoms with van der Waals surface area (Å²) in [5.74, 6) is -0.963. The SMILES string of the molecule is COC(=O)C(c1ccc(O)c(O)c1)n1cc[n+](C)c1. The molecule has 0 saturated carbocycles. The smallest absolute Gasteiger partial charge is 0.356 e. The van der Waals surface area contributed by atoms with Crippen LogP contribution in [0.5, 0.6) is 11.5 Å². The number of methoxy groups -OCH3 is 1. The number of benzene rings is 1. The monoisotopic (exact) mass is 263 g/mol. The molecular formula is C13H15N2O4+. The van der Waals surface area contributed by atoms with Crippen molar-refractivity contribution in [1.82, 2.24) is 4.57 Å². The van der Waals surface area contributed by atoms with Crippen molar-refractivity contribution in [2.75, 3.05) is 7.11 Å². The summed E-state index contributed by atoms with van der Waals surface area (Å²) in [6, 6.07) is 3.54. The summed E-state index contributed by atoms with van der Waals surface area (Å²) in [6.07, 6.45) is 5.24. The number of nitrogens with zero attached hydrogens (tertiary/aromatic N) is 2. The Morgan fingerprint density at radius 1 is 1.37 bits per heavy atom. The third-order valence-electron chi connectivity index (χ3n) is 2.83. The van der Waals surface area contributed by atoms with Crippen LogP contribution in [0.4, 0.5) is 0 Å². The molecule has 0 bridgehead atoms. The van der Waals surface area contributed by atoms with Crippen LogP contribution in [0.15, 0.2) is 36.9 Å². The van der Waals surface area contributed by atoms with Crippen LogP contribution in [-0.4, -0.2) is 27.9 Å². The molecule has 6 nitrogen and oxygen atoms in total. The van der Waals surface area contributed by atoms with Crippen molar-refractivity contribution in [3.8, 4) is 11.5 Å². The molecule has 6 heteroatoms. The van der Waals surface area contributed by atoms with Gasteiger partial charge in [0.25, 0.3) is 0 Å². The van der Waals surface area contributed by atoms with Gasteiger partial charge in [-0.3, -0.25) is 0 Å². The van der Waals surface area contributed by atoms with Gasteiger partial charge < -0.3 is 14.9 Å². The van der Waals surface area contributed by atoms with Gasteiger partial charge in [0.2, 0.25) is 12.4 Å². The van der Waals surface area contributed by atoms with Crippen LogP contribution >= 0.6 is 0 Å². The number of aromatic hydroxyl groups is 2. The van der Waals surface area contributed by atoms with Crippen LogP contribution in [0.1, 0.15) is 11.6 Å². The third-order valence-corrected chi connectivity index (χ3v) is 2.83. The Morgan fingerprint density at radius 3 is 2.63 bits per heavy atom. The lowest BCUT2D eigenvalue weighted by atomic mass is 10.1. The molecule has 1 aromatic heterocycles. The van der Waals surface area contributed by atoms with Gasteiger partial charge >= 0.3 is 5.97 Å². The maximum absolute atomic E-state index is 11.9. The van der Waals surface area contributed by atoms with E-state index < -0.39 is 12.0 Å². The van der Waals surface area contributed by atoms with Crippen molar-refractivity contribution in [3.63, 3.8) is 0 Å². The van der Waals surface area contributed by atoms with E-state index in [9.17, 15) is 15.0 Å². The lowest BCUT2D eigenvalue weighted by Crippen LogP contribution is -2.27. The van der Waals surface area contributed by atoms with Crippen molar-refractivity contribution in [1.29, 1.82) is 0 Å². The molecule has 1 unspecified atom stereocenters. The maximum atomic E-state index is 11.9. The van der Waals surface area contributed by atoms with E-state index in [0.717, 1.165) is 0 Å². The lowest BCUT2D eigenvalue weighted by molar-refractivity contribution is -0.671. The Balaban J connectivity index is 2.48. The molecule has 0 aliphatic heterocycles. The molecule has 2 rings (SSSR count). The molecule has 0 spiro atoms. The van der Waals surface area contributed by atoms with Gasteiger partial charge in [0, 0.05) is 5.56 Å². The van der Waals surface area contributed by atoms with E-state index in [1.54, 1.807) is 33.9 Å². The fraction of sp³-hybridized carbons (Fsp3) is 0.231. The van der Waals surface area contributed by atoms with Crippen LogP contribution in [-0.2, 0) is 16.6 Å². The lowest BCUT2D eigenvalue weighted by Gasteiger charge is -2.12. The van der Waals surface area contributed by atoms with Gasteiger partial charge in [-0.2, -0.15) is 0 Å². The summed E-state index contributed by atoms with van der Waals surface area (Å²) in [4.78, 5) is 11.9. The highest BCUT2D eigenvalue weighted by molar-refractivity contribution is 5.78. The van der Waals surface area contributed by atoms with Gasteiger partial charge in [-0.05, 0) is 12.1 Å². The van der Waals surface area contributed by atoms with Crippen LogP contribution in [0.2, 0.25) is 0 Å². The largest absolute Gasteiger partial charge is 0.504 e. The quantitative estimate of drug-likeness (QED) is 0.480. The number of carbonyl (C=O) groups excluding carboxylic acids is 1. The Morgan fingerprint density at radius 2 is 2.11 bits per heavy atom. The maximum Gasteiger partial charge on any atom is 0.356 e. The van der Waals surface area contributed by atoms with E-state index in [2.05, 4.69) is 0 Å². The predicted molar refractivity (Wildman–Crippen MR) is 65.5 cm³/mol. The molecule has 0 radical (unpaired) electrons. The van der Waals surface area contributed by atoms with E-state index in [0.29, 0.717) is 5.56 Å². The van der Waals surface area contributed by atoms with Gasteiger partial charge in [-0.1, -0.05) is 6.07 Å². The molecule has 0 saturated heterocycles. The highest BCUT2D eigenvalue weighted by atomic mass is 16.5. The zero-order valence-electron chi connectivity index (χ0n) is 10.6. The van der Waals surface area contributed by atoms with E-state index in [1.165, 1.54) is 19.2 Å². The average molecular weight is 263 g/mol. The van der Waals surface area contributed by atoms with Crippen LogP contribution in [0.3, 0.4) is 0 Å². The van der Waals surface area contributed by atoms with Crippen LogP contribution in [0, 0.1) is 0 Å². The first-order chi connectivity index (χ1) is 9.02. The first-order valence-electron chi connectivity index (χ1n) is 5.65. The summed E-state index contributed by atoms with van der Waals surface area (Å²) in [5.41, 5.74) is 0.526. The minimum absolute atomic E-state index is 0.231. The van der Waals surface area contributed by atoms with E-state index in [1.807, 2.05) is 7.05 Å². The molecule has 0 aliphatic carbocycles. The van der Waals surface area contributed by atoms with Crippen LogP contribution in [0.25, 0.3) is 0 Å². The van der Waals surface area contributed by atoms with E-state index >= 15 is 0 Å². The number of aromatic nitrogens is 2. The number of hydrogen-bond donors (Lipinski definition) is 2. The highest BCUT2D eigenvalue weighted by Crippen LogP contribution is 2.29. The number of esters is 1. The number of phenolic OH excluding ortho intramolecular Hbond substituents is 2. The Bertz CT molecular complexity index is 606. The molecule has 1 aromatic carbocycles. The second-order valence-electron chi connectivity index (χ2n) is 4.20. The minimum Gasteiger partial charge on any atom is -0.504 e. The fourth-order valence-electron chi connectivity index (χ4n) is 1.87. The molecule has 2 aromatic rings. The molecular weight excluding hydrogens is 248 g/mol. The van der Waals surface area contributed by atoms with Crippen molar-refractivity contribution in [2.45, 2.75) is 6.04 Å². The second kappa shape index (κ2) is 5.01. The zero-order chi connectivity index (χ0) is 14.0. The van der Waals surface area contributed by atoms with Gasteiger partial charge in [-0.25, -0.2) is 13.9 Å². The molecule has 0 aliphatic rings. The Kier molecular flexibility index (Phi) is 3.41. The normalized spacial score (nSPS) is 12.1. The van der Waals surface area contributed by atoms with Crippen molar-refractivity contribution >= 4 is 5.97 Å². The first kappa shape index (κ1) is 12.9. The summed E-state index contributed by atoms with van der Waals surface area (Å²) in [5, 5.41) is 18.9. The van der Waals surface area contributed by atoms with Crippen LogP contribution < -0.4 is 4.57 Å². The number of rotatable bonds is 3. The molecule has 1 atom stereocenters. The van der Waals surface area contributed by atoms with Gasteiger partial charge in [0.1, 0.15) is 12.4 Å². The molecule has 0 fully saturated rings. The summed E-state index contributed by atoms with van der Waals surface area (Å²) < 4.78 is 8.24. The van der Waals surface area contributed by atoms with Crippen molar-refractivity contribution in [3.05, 3.63) is 42.5 Å². The van der Waals surface area contributed by atoms with E-state index in [4.69, 9.17) is 4.74 Å². The topological polar surface area (TPSA) is 75.6 Å². The van der Waals surface area contributed by atoms with E-state index in [-0.39, 0.29) is 11.5 Å². The molecule has 1 heterocycles. The van der Waals surface area contributed by atoms with Gasteiger partial charge in [0.05, 0.1) is 14.2 Å². The molecule has 19 heavy (non-hydrogen) atoms. The second-order valence-corrected chi connectivity index (χ2v) is 4.20. The predicted octanol–water partition coefficient (Wildman–Crippen LogP) is 0.486. The Hall–Kier alpha value is -2.50. The zero-order valence-corrected chi connectivity index (χ0v) is 10.6. The molecule has 2 N–H and O–H groups in total.